The number of carbonyl (C=O) groups is 1. The van der Waals surface area contributed by atoms with Gasteiger partial charge in [0.15, 0.2) is 0 Å². The summed E-state index contributed by atoms with van der Waals surface area (Å²) in [6.07, 6.45) is 6.98. The van der Waals surface area contributed by atoms with E-state index in [1.807, 2.05) is 0 Å². The Kier molecular flexibility index (Phi) is 3.89. The number of anilines is 1. The lowest BCUT2D eigenvalue weighted by molar-refractivity contribution is -0.137. The third-order valence-electron chi connectivity index (χ3n) is 4.27. The molecule has 0 saturated carbocycles. The van der Waals surface area contributed by atoms with E-state index in [0.29, 0.717) is 17.7 Å². The molecule has 0 amide bonds. The minimum Gasteiger partial charge on any atom is -0.480 e. The molecule has 4 rings (SSSR count). The molecule has 0 atom stereocenters. The van der Waals surface area contributed by atoms with Gasteiger partial charge >= 0.3 is 5.97 Å². The van der Waals surface area contributed by atoms with Crippen molar-refractivity contribution in [3.8, 4) is 11.3 Å². The van der Waals surface area contributed by atoms with Gasteiger partial charge < -0.3 is 10.4 Å². The highest BCUT2D eigenvalue weighted by atomic mass is 16.4. The minimum absolute atomic E-state index is 0.164. The van der Waals surface area contributed by atoms with Crippen molar-refractivity contribution in [2.24, 2.45) is 0 Å². The first kappa shape index (κ1) is 15.3. The van der Waals surface area contributed by atoms with Crippen LogP contribution in [0.5, 0.6) is 0 Å². The SMILES string of the molecule is O=C(O)Cn1ccc(-c2cnc(NC3Cc4ccccc4C3)nc2)n1. The molecule has 0 bridgehead atoms. The van der Waals surface area contributed by atoms with Gasteiger partial charge in [-0.05, 0) is 30.0 Å². The molecule has 0 fully saturated rings. The van der Waals surface area contributed by atoms with E-state index in [9.17, 15) is 4.79 Å². The lowest BCUT2D eigenvalue weighted by Gasteiger charge is -2.11. The van der Waals surface area contributed by atoms with Gasteiger partial charge in [0.2, 0.25) is 5.95 Å². The Labute approximate surface area is 144 Å². The van der Waals surface area contributed by atoms with Crippen molar-refractivity contribution in [1.29, 1.82) is 0 Å². The summed E-state index contributed by atoms with van der Waals surface area (Å²) in [6, 6.07) is 10.5. The van der Waals surface area contributed by atoms with E-state index >= 15 is 0 Å². The molecule has 126 valence electrons. The summed E-state index contributed by atoms with van der Waals surface area (Å²) in [5.74, 6) is -0.338. The van der Waals surface area contributed by atoms with Crippen molar-refractivity contribution in [3.63, 3.8) is 0 Å². The predicted molar refractivity (Wildman–Crippen MR) is 92.1 cm³/mol. The van der Waals surface area contributed by atoms with Crippen LogP contribution in [-0.2, 0) is 24.2 Å². The second-order valence-electron chi connectivity index (χ2n) is 6.11. The standard InChI is InChI=1S/C18H17N5O2/c24-17(25)11-23-6-5-16(22-23)14-9-19-18(20-10-14)21-15-7-12-3-1-2-4-13(12)8-15/h1-6,9-10,15H,7-8,11H2,(H,24,25)(H,19,20,21). The van der Waals surface area contributed by atoms with Crippen molar-refractivity contribution in [1.82, 2.24) is 19.7 Å². The van der Waals surface area contributed by atoms with Crippen LogP contribution in [0.3, 0.4) is 0 Å². The summed E-state index contributed by atoms with van der Waals surface area (Å²) in [7, 11) is 0. The molecule has 0 aliphatic heterocycles. The molecule has 0 radical (unpaired) electrons. The molecule has 25 heavy (non-hydrogen) atoms. The van der Waals surface area contributed by atoms with Crippen LogP contribution in [0.1, 0.15) is 11.1 Å². The highest BCUT2D eigenvalue weighted by molar-refractivity contribution is 5.66. The summed E-state index contributed by atoms with van der Waals surface area (Å²) in [5, 5.41) is 16.4. The summed E-state index contributed by atoms with van der Waals surface area (Å²) >= 11 is 0. The van der Waals surface area contributed by atoms with E-state index in [1.165, 1.54) is 15.8 Å². The number of rotatable bonds is 5. The van der Waals surface area contributed by atoms with Crippen LogP contribution in [0.4, 0.5) is 5.95 Å². The third-order valence-corrected chi connectivity index (χ3v) is 4.27. The highest BCUT2D eigenvalue weighted by Gasteiger charge is 2.21. The van der Waals surface area contributed by atoms with E-state index in [1.54, 1.807) is 24.7 Å². The number of hydrogen-bond acceptors (Lipinski definition) is 5. The van der Waals surface area contributed by atoms with Gasteiger partial charge in [-0.3, -0.25) is 9.48 Å². The summed E-state index contributed by atoms with van der Waals surface area (Å²) in [6.45, 7) is -0.164. The zero-order valence-electron chi connectivity index (χ0n) is 13.5. The van der Waals surface area contributed by atoms with Gasteiger partial charge in [-0.25, -0.2) is 9.97 Å². The first-order valence-electron chi connectivity index (χ1n) is 8.08. The van der Waals surface area contributed by atoms with Crippen LogP contribution >= 0.6 is 0 Å². The maximum Gasteiger partial charge on any atom is 0.325 e. The smallest absolute Gasteiger partial charge is 0.325 e. The fourth-order valence-electron chi connectivity index (χ4n) is 3.12. The predicted octanol–water partition coefficient (Wildman–Crippen LogP) is 2.00. The number of carboxylic acid groups (broad SMARTS) is 1. The lowest BCUT2D eigenvalue weighted by atomic mass is 10.1. The molecule has 1 aromatic carbocycles. The molecule has 2 aromatic heterocycles. The highest BCUT2D eigenvalue weighted by Crippen LogP contribution is 2.24. The number of aromatic nitrogens is 4. The number of fused-ring (bicyclic) bond motifs is 1. The van der Waals surface area contributed by atoms with Crippen LogP contribution in [0.15, 0.2) is 48.9 Å². The normalized spacial score (nSPS) is 13.6. The van der Waals surface area contributed by atoms with Gasteiger partial charge in [-0.1, -0.05) is 24.3 Å². The molecule has 0 saturated heterocycles. The van der Waals surface area contributed by atoms with E-state index in [-0.39, 0.29) is 6.54 Å². The molecule has 1 aliphatic rings. The lowest BCUT2D eigenvalue weighted by Crippen LogP contribution is -2.20. The number of nitrogens with one attached hydrogen (secondary N) is 1. The summed E-state index contributed by atoms with van der Waals surface area (Å²) in [5.41, 5.74) is 4.16. The van der Waals surface area contributed by atoms with Gasteiger partial charge in [-0.2, -0.15) is 5.10 Å². The van der Waals surface area contributed by atoms with Gasteiger partial charge in [-0.15, -0.1) is 0 Å². The Balaban J connectivity index is 1.42. The van der Waals surface area contributed by atoms with E-state index < -0.39 is 5.97 Å². The van der Waals surface area contributed by atoms with Crippen molar-refractivity contribution in [2.75, 3.05) is 5.32 Å². The quantitative estimate of drug-likeness (QED) is 0.741. The van der Waals surface area contributed by atoms with Gasteiger partial charge in [0.25, 0.3) is 0 Å². The largest absolute Gasteiger partial charge is 0.480 e. The minimum atomic E-state index is -0.928. The van der Waals surface area contributed by atoms with Gasteiger partial charge in [0, 0.05) is 30.2 Å². The zero-order valence-corrected chi connectivity index (χ0v) is 13.5. The molecular weight excluding hydrogens is 318 g/mol. The molecule has 7 heteroatoms. The molecule has 7 nitrogen and oxygen atoms in total. The maximum atomic E-state index is 10.7. The van der Waals surface area contributed by atoms with E-state index in [0.717, 1.165) is 18.4 Å². The number of nitrogens with zero attached hydrogens (tertiary/aromatic N) is 4. The Morgan fingerprint density at radius 2 is 1.84 bits per heavy atom. The second-order valence-corrected chi connectivity index (χ2v) is 6.11. The monoisotopic (exact) mass is 335 g/mol. The number of aliphatic carboxylic acids is 1. The molecule has 1 aliphatic carbocycles. The first-order valence-corrected chi connectivity index (χ1v) is 8.08. The molecule has 2 N–H and O–H groups in total. The van der Waals surface area contributed by atoms with Crippen molar-refractivity contribution < 1.29 is 9.90 Å². The molecular formula is C18H17N5O2. The summed E-state index contributed by atoms with van der Waals surface area (Å²) in [4.78, 5) is 19.4. The maximum absolute atomic E-state index is 10.7. The number of hydrogen-bond donors (Lipinski definition) is 2. The van der Waals surface area contributed by atoms with E-state index in [4.69, 9.17) is 5.11 Å². The van der Waals surface area contributed by atoms with Crippen molar-refractivity contribution in [3.05, 3.63) is 60.0 Å². The Morgan fingerprint density at radius 1 is 1.16 bits per heavy atom. The van der Waals surface area contributed by atoms with Crippen molar-refractivity contribution in [2.45, 2.75) is 25.4 Å². The second kappa shape index (κ2) is 6.35. The zero-order chi connectivity index (χ0) is 17.2. The Bertz CT molecular complexity index is 879. The molecule has 2 heterocycles. The average Bonchev–Trinajstić information content (AvgIpc) is 3.21. The van der Waals surface area contributed by atoms with E-state index in [2.05, 4.69) is 44.6 Å². The first-order chi connectivity index (χ1) is 12.2. The van der Waals surface area contributed by atoms with Crippen LogP contribution in [0.2, 0.25) is 0 Å². The fourth-order valence-corrected chi connectivity index (χ4v) is 3.12. The Hall–Kier alpha value is -3.22. The van der Waals surface area contributed by atoms with Gasteiger partial charge in [0.05, 0.1) is 5.69 Å². The third kappa shape index (κ3) is 3.35. The van der Waals surface area contributed by atoms with Crippen LogP contribution in [0, 0.1) is 0 Å². The topological polar surface area (TPSA) is 92.9 Å². The fraction of sp³-hybridized carbons (Fsp3) is 0.222. The average molecular weight is 335 g/mol. The molecule has 0 unspecified atom stereocenters. The molecule has 3 aromatic rings. The van der Waals surface area contributed by atoms with Crippen LogP contribution < -0.4 is 5.32 Å². The Morgan fingerprint density at radius 3 is 2.48 bits per heavy atom. The summed E-state index contributed by atoms with van der Waals surface area (Å²) < 4.78 is 1.37. The van der Waals surface area contributed by atoms with Crippen LogP contribution in [0.25, 0.3) is 11.3 Å². The van der Waals surface area contributed by atoms with Gasteiger partial charge in [0.1, 0.15) is 6.54 Å². The number of benzene rings is 1. The number of carboxylic acids is 1. The molecule has 0 spiro atoms. The van der Waals surface area contributed by atoms with Crippen LogP contribution in [-0.4, -0.2) is 36.9 Å². The van der Waals surface area contributed by atoms with Crippen molar-refractivity contribution >= 4 is 11.9 Å².